The summed E-state index contributed by atoms with van der Waals surface area (Å²) in [5.74, 6) is 0.404. The number of piperidine rings is 1. The van der Waals surface area contributed by atoms with Crippen molar-refractivity contribution in [3.63, 3.8) is 0 Å². The second-order valence-electron chi connectivity index (χ2n) is 4.82. The number of hydrogen-bond acceptors (Lipinski definition) is 3. The maximum absolute atomic E-state index is 13.2. The van der Waals surface area contributed by atoms with Gasteiger partial charge in [-0.05, 0) is 50.0 Å². The highest BCUT2D eigenvalue weighted by molar-refractivity contribution is 7.16. The Morgan fingerprint density at radius 2 is 2.17 bits per heavy atom. The van der Waals surface area contributed by atoms with Crippen LogP contribution in [0.3, 0.4) is 0 Å². The van der Waals surface area contributed by atoms with Gasteiger partial charge in [-0.15, -0.1) is 0 Å². The number of nitrogens with one attached hydrogen (secondary N) is 2. The molecule has 0 bridgehead atoms. The zero-order chi connectivity index (χ0) is 12.5. The highest BCUT2D eigenvalue weighted by Gasteiger charge is 2.15. The fourth-order valence-electron chi connectivity index (χ4n) is 2.57. The molecule has 1 saturated heterocycles. The normalized spacial score (nSPS) is 17.4. The van der Waals surface area contributed by atoms with E-state index in [4.69, 9.17) is 5.41 Å². The molecule has 2 aromatic rings. The number of rotatable bonds is 2. The van der Waals surface area contributed by atoms with E-state index in [2.05, 4.69) is 5.32 Å². The first kappa shape index (κ1) is 11.9. The summed E-state index contributed by atoms with van der Waals surface area (Å²) in [6, 6.07) is 4.80. The molecule has 3 nitrogen and oxygen atoms in total. The summed E-state index contributed by atoms with van der Waals surface area (Å²) < 4.78 is 16.1. The minimum Gasteiger partial charge on any atom is -0.317 e. The zero-order valence-electron chi connectivity index (χ0n) is 10.1. The van der Waals surface area contributed by atoms with Gasteiger partial charge in [-0.1, -0.05) is 11.3 Å². The first-order valence-electron chi connectivity index (χ1n) is 6.28. The summed E-state index contributed by atoms with van der Waals surface area (Å²) in [5, 5.41) is 11.4. The van der Waals surface area contributed by atoms with Crippen molar-refractivity contribution in [1.29, 1.82) is 5.41 Å². The Kier molecular flexibility index (Phi) is 3.18. The van der Waals surface area contributed by atoms with Crippen molar-refractivity contribution < 1.29 is 4.39 Å². The lowest BCUT2D eigenvalue weighted by Gasteiger charge is -2.23. The highest BCUT2D eigenvalue weighted by Crippen LogP contribution is 2.21. The van der Waals surface area contributed by atoms with Crippen molar-refractivity contribution in [2.75, 3.05) is 13.1 Å². The Bertz CT molecular complexity index is 610. The van der Waals surface area contributed by atoms with Crippen molar-refractivity contribution in [2.45, 2.75) is 19.4 Å². The predicted molar refractivity (Wildman–Crippen MR) is 71.2 cm³/mol. The monoisotopic (exact) mass is 265 g/mol. The fourth-order valence-corrected chi connectivity index (χ4v) is 3.51. The molecular formula is C13H16FN3S. The molecule has 96 valence electrons. The molecule has 3 rings (SSSR count). The standard InChI is InChI=1S/C13H16FN3S/c14-10-1-2-11-12(7-10)18-13(15)17(11)8-9-3-5-16-6-4-9/h1-2,7,9,15-16H,3-6,8H2. The van der Waals surface area contributed by atoms with Gasteiger partial charge in [-0.25, -0.2) is 4.39 Å². The maximum atomic E-state index is 13.2. The maximum Gasteiger partial charge on any atom is 0.182 e. The van der Waals surface area contributed by atoms with Gasteiger partial charge in [0.05, 0.1) is 10.2 Å². The SMILES string of the molecule is N=c1sc2cc(F)ccc2n1CC1CCNCC1. The summed E-state index contributed by atoms with van der Waals surface area (Å²) in [5.41, 5.74) is 0.991. The van der Waals surface area contributed by atoms with Gasteiger partial charge in [0, 0.05) is 6.54 Å². The van der Waals surface area contributed by atoms with Gasteiger partial charge in [-0.2, -0.15) is 0 Å². The van der Waals surface area contributed by atoms with Crippen molar-refractivity contribution in [3.8, 4) is 0 Å². The van der Waals surface area contributed by atoms with Gasteiger partial charge >= 0.3 is 0 Å². The van der Waals surface area contributed by atoms with E-state index in [0.29, 0.717) is 10.7 Å². The van der Waals surface area contributed by atoms with Gasteiger partial charge in [0.15, 0.2) is 4.80 Å². The fraction of sp³-hybridized carbons (Fsp3) is 0.462. The van der Waals surface area contributed by atoms with Crippen molar-refractivity contribution >= 4 is 21.6 Å². The number of fused-ring (bicyclic) bond motifs is 1. The summed E-state index contributed by atoms with van der Waals surface area (Å²) in [7, 11) is 0. The van der Waals surface area contributed by atoms with E-state index in [1.54, 1.807) is 6.07 Å². The van der Waals surface area contributed by atoms with E-state index in [-0.39, 0.29) is 5.82 Å². The molecule has 2 N–H and O–H groups in total. The van der Waals surface area contributed by atoms with E-state index in [9.17, 15) is 4.39 Å². The molecule has 1 aromatic carbocycles. The molecule has 0 saturated carbocycles. The van der Waals surface area contributed by atoms with E-state index >= 15 is 0 Å². The topological polar surface area (TPSA) is 40.8 Å². The molecule has 1 fully saturated rings. The smallest absolute Gasteiger partial charge is 0.182 e. The molecule has 0 unspecified atom stereocenters. The summed E-state index contributed by atoms with van der Waals surface area (Å²) in [4.78, 5) is 0.522. The first-order valence-corrected chi connectivity index (χ1v) is 7.10. The summed E-state index contributed by atoms with van der Waals surface area (Å²) >= 11 is 1.36. The molecule has 0 spiro atoms. The lowest BCUT2D eigenvalue weighted by molar-refractivity contribution is 0.334. The van der Waals surface area contributed by atoms with Crippen LogP contribution in [0.5, 0.6) is 0 Å². The van der Waals surface area contributed by atoms with E-state index in [0.717, 1.165) is 42.7 Å². The van der Waals surface area contributed by atoms with E-state index in [1.807, 2.05) is 4.57 Å². The lowest BCUT2D eigenvalue weighted by atomic mass is 9.98. The van der Waals surface area contributed by atoms with Crippen LogP contribution in [-0.4, -0.2) is 17.7 Å². The predicted octanol–water partition coefficient (Wildman–Crippen LogP) is 2.32. The molecule has 1 aliphatic heterocycles. The van der Waals surface area contributed by atoms with Crippen LogP contribution in [0.25, 0.3) is 10.2 Å². The van der Waals surface area contributed by atoms with Gasteiger partial charge in [-0.3, -0.25) is 5.41 Å². The number of halogens is 1. The van der Waals surface area contributed by atoms with E-state index < -0.39 is 0 Å². The molecule has 1 aliphatic rings. The zero-order valence-corrected chi connectivity index (χ0v) is 10.9. The Morgan fingerprint density at radius 1 is 1.39 bits per heavy atom. The van der Waals surface area contributed by atoms with Crippen LogP contribution in [0, 0.1) is 17.1 Å². The van der Waals surface area contributed by atoms with Crippen LogP contribution in [0.15, 0.2) is 18.2 Å². The van der Waals surface area contributed by atoms with Crippen LogP contribution < -0.4 is 10.1 Å². The Hall–Kier alpha value is -1.20. The molecule has 0 aliphatic carbocycles. The van der Waals surface area contributed by atoms with Crippen LogP contribution in [0.2, 0.25) is 0 Å². The van der Waals surface area contributed by atoms with Crippen LogP contribution in [-0.2, 0) is 6.54 Å². The Balaban J connectivity index is 1.95. The van der Waals surface area contributed by atoms with Gasteiger partial charge in [0.2, 0.25) is 0 Å². The van der Waals surface area contributed by atoms with Crippen LogP contribution >= 0.6 is 11.3 Å². The summed E-state index contributed by atoms with van der Waals surface area (Å²) in [6.07, 6.45) is 2.32. The minimum atomic E-state index is -0.224. The van der Waals surface area contributed by atoms with Crippen molar-refractivity contribution in [3.05, 3.63) is 28.8 Å². The Labute approximate surface area is 109 Å². The molecule has 2 heterocycles. The largest absolute Gasteiger partial charge is 0.317 e. The molecule has 5 heteroatoms. The van der Waals surface area contributed by atoms with Crippen LogP contribution in [0.1, 0.15) is 12.8 Å². The third kappa shape index (κ3) is 2.20. The highest BCUT2D eigenvalue weighted by atomic mass is 32.1. The van der Waals surface area contributed by atoms with Gasteiger partial charge in [0.1, 0.15) is 5.82 Å². The molecular weight excluding hydrogens is 249 g/mol. The number of aromatic nitrogens is 1. The second kappa shape index (κ2) is 4.82. The molecule has 0 amide bonds. The number of hydrogen-bond donors (Lipinski definition) is 2. The average molecular weight is 265 g/mol. The van der Waals surface area contributed by atoms with Gasteiger partial charge in [0.25, 0.3) is 0 Å². The number of benzene rings is 1. The third-order valence-corrected chi connectivity index (χ3v) is 4.52. The quantitative estimate of drug-likeness (QED) is 0.859. The molecule has 1 aromatic heterocycles. The molecule has 18 heavy (non-hydrogen) atoms. The van der Waals surface area contributed by atoms with Crippen LogP contribution in [0.4, 0.5) is 4.39 Å². The lowest BCUT2D eigenvalue weighted by Crippen LogP contribution is -2.31. The molecule has 0 atom stereocenters. The third-order valence-electron chi connectivity index (χ3n) is 3.56. The van der Waals surface area contributed by atoms with Gasteiger partial charge < -0.3 is 9.88 Å². The number of thiazole rings is 1. The molecule has 0 radical (unpaired) electrons. The Morgan fingerprint density at radius 3 is 2.94 bits per heavy atom. The summed E-state index contributed by atoms with van der Waals surface area (Å²) in [6.45, 7) is 3.01. The first-order chi connectivity index (χ1) is 8.74. The second-order valence-corrected chi connectivity index (χ2v) is 5.85. The average Bonchev–Trinajstić information content (AvgIpc) is 2.66. The minimum absolute atomic E-state index is 0.224. The van der Waals surface area contributed by atoms with Crippen molar-refractivity contribution in [1.82, 2.24) is 9.88 Å². The number of nitrogens with zero attached hydrogens (tertiary/aromatic N) is 1. The van der Waals surface area contributed by atoms with E-state index in [1.165, 1.54) is 23.5 Å². The van der Waals surface area contributed by atoms with Crippen molar-refractivity contribution in [2.24, 2.45) is 5.92 Å².